The fraction of sp³-hybridized carbons (Fsp3) is 0.312. The smallest absolute Gasteiger partial charge is 0.251 e. The Kier molecular flexibility index (Phi) is 8.14. The van der Waals surface area contributed by atoms with Crippen molar-refractivity contribution in [3.8, 4) is 0 Å². The fourth-order valence-corrected chi connectivity index (χ4v) is 3.23. The lowest BCUT2D eigenvalue weighted by atomic mass is 10.1. The third-order valence-corrected chi connectivity index (χ3v) is 4.88. The van der Waals surface area contributed by atoms with Crippen LogP contribution in [-0.2, 0) is 10.0 Å². The molecule has 0 bridgehead atoms. The van der Waals surface area contributed by atoms with Gasteiger partial charge >= 0.3 is 0 Å². The van der Waals surface area contributed by atoms with E-state index in [4.69, 9.17) is 0 Å². The van der Waals surface area contributed by atoms with Crippen molar-refractivity contribution in [2.75, 3.05) is 26.2 Å². The SMILES string of the molecule is C=CCNS(=O)(=O)c1cccc(C(=O)NCC2=CCNCC2)c1.Cl. The average molecular weight is 372 g/mol. The molecule has 0 unspecified atom stereocenters. The molecule has 0 saturated heterocycles. The normalized spacial score (nSPS) is 14.2. The number of hydrogen-bond donors (Lipinski definition) is 3. The summed E-state index contributed by atoms with van der Waals surface area (Å²) in [6, 6.07) is 5.98. The first-order chi connectivity index (χ1) is 11.0. The number of nitrogens with one attached hydrogen (secondary N) is 3. The van der Waals surface area contributed by atoms with Crippen LogP contribution >= 0.6 is 12.4 Å². The van der Waals surface area contributed by atoms with Crippen LogP contribution in [0.3, 0.4) is 0 Å². The van der Waals surface area contributed by atoms with Crippen LogP contribution in [0.1, 0.15) is 16.8 Å². The van der Waals surface area contributed by atoms with E-state index in [0.717, 1.165) is 19.5 Å². The lowest BCUT2D eigenvalue weighted by Crippen LogP contribution is -2.30. The van der Waals surface area contributed by atoms with Crippen molar-refractivity contribution in [1.82, 2.24) is 15.4 Å². The second-order valence-electron chi connectivity index (χ2n) is 5.17. The van der Waals surface area contributed by atoms with Crippen LogP contribution in [0, 0.1) is 0 Å². The number of rotatable bonds is 7. The van der Waals surface area contributed by atoms with Crippen LogP contribution in [0.25, 0.3) is 0 Å². The van der Waals surface area contributed by atoms with E-state index in [2.05, 4.69) is 28.0 Å². The molecule has 8 heteroatoms. The number of halogens is 1. The summed E-state index contributed by atoms with van der Waals surface area (Å²) in [5, 5.41) is 6.03. The Morgan fingerprint density at radius 2 is 2.17 bits per heavy atom. The minimum Gasteiger partial charge on any atom is -0.348 e. The highest BCUT2D eigenvalue weighted by atomic mass is 35.5. The Morgan fingerprint density at radius 1 is 1.38 bits per heavy atom. The summed E-state index contributed by atoms with van der Waals surface area (Å²) in [4.78, 5) is 12.3. The van der Waals surface area contributed by atoms with E-state index in [1.165, 1.54) is 23.8 Å². The molecule has 6 nitrogen and oxygen atoms in total. The van der Waals surface area contributed by atoms with Crippen LogP contribution in [0.5, 0.6) is 0 Å². The van der Waals surface area contributed by atoms with Crippen molar-refractivity contribution >= 4 is 28.3 Å². The topological polar surface area (TPSA) is 87.3 Å². The third-order valence-electron chi connectivity index (χ3n) is 3.46. The molecule has 0 fully saturated rings. The predicted octanol–water partition coefficient (Wildman–Crippen LogP) is 1.22. The summed E-state index contributed by atoms with van der Waals surface area (Å²) in [6.45, 7) is 5.81. The van der Waals surface area contributed by atoms with Gasteiger partial charge in [-0.15, -0.1) is 19.0 Å². The van der Waals surface area contributed by atoms with Gasteiger partial charge < -0.3 is 10.6 Å². The van der Waals surface area contributed by atoms with Crippen molar-refractivity contribution < 1.29 is 13.2 Å². The second-order valence-corrected chi connectivity index (χ2v) is 6.93. The van der Waals surface area contributed by atoms with Crippen LogP contribution in [0.4, 0.5) is 0 Å². The van der Waals surface area contributed by atoms with Gasteiger partial charge in [0.25, 0.3) is 5.91 Å². The number of sulfonamides is 1. The summed E-state index contributed by atoms with van der Waals surface area (Å²) < 4.78 is 26.5. The summed E-state index contributed by atoms with van der Waals surface area (Å²) in [6.07, 6.45) is 4.42. The first-order valence-corrected chi connectivity index (χ1v) is 8.88. The molecule has 1 aromatic carbocycles. The molecule has 24 heavy (non-hydrogen) atoms. The Hall–Kier alpha value is -1.67. The van der Waals surface area contributed by atoms with Crippen LogP contribution in [-0.4, -0.2) is 40.5 Å². The van der Waals surface area contributed by atoms with Gasteiger partial charge in [-0.05, 0) is 31.2 Å². The minimum absolute atomic E-state index is 0. The molecule has 1 amide bonds. The lowest BCUT2D eigenvalue weighted by molar-refractivity contribution is 0.0956. The zero-order chi connectivity index (χ0) is 16.7. The van der Waals surface area contributed by atoms with Crippen LogP contribution < -0.4 is 15.4 Å². The van der Waals surface area contributed by atoms with E-state index in [0.29, 0.717) is 12.1 Å². The Labute approximate surface area is 148 Å². The maximum Gasteiger partial charge on any atom is 0.251 e. The van der Waals surface area contributed by atoms with Gasteiger partial charge in [0.15, 0.2) is 0 Å². The number of amides is 1. The Morgan fingerprint density at radius 3 is 2.83 bits per heavy atom. The maximum absolute atomic E-state index is 12.2. The zero-order valence-electron chi connectivity index (χ0n) is 13.2. The van der Waals surface area contributed by atoms with Crippen LogP contribution in [0.15, 0.2) is 53.5 Å². The van der Waals surface area contributed by atoms with Crippen molar-refractivity contribution in [2.45, 2.75) is 11.3 Å². The van der Waals surface area contributed by atoms with Crippen molar-refractivity contribution in [2.24, 2.45) is 0 Å². The van der Waals surface area contributed by atoms with E-state index in [-0.39, 0.29) is 29.8 Å². The third kappa shape index (κ3) is 5.76. The maximum atomic E-state index is 12.2. The molecule has 1 aliphatic heterocycles. The number of carbonyl (C=O) groups is 1. The molecule has 0 atom stereocenters. The van der Waals surface area contributed by atoms with Crippen molar-refractivity contribution in [1.29, 1.82) is 0 Å². The predicted molar refractivity (Wildman–Crippen MR) is 97.0 cm³/mol. The molecule has 1 heterocycles. The van der Waals surface area contributed by atoms with Gasteiger partial charge in [-0.25, -0.2) is 13.1 Å². The number of benzene rings is 1. The van der Waals surface area contributed by atoms with E-state index in [9.17, 15) is 13.2 Å². The lowest BCUT2D eigenvalue weighted by Gasteiger charge is -2.14. The van der Waals surface area contributed by atoms with E-state index < -0.39 is 10.0 Å². The molecule has 1 aliphatic rings. The van der Waals surface area contributed by atoms with Gasteiger partial charge in [-0.2, -0.15) is 0 Å². The first-order valence-electron chi connectivity index (χ1n) is 7.40. The first kappa shape index (κ1) is 20.4. The highest BCUT2D eigenvalue weighted by Crippen LogP contribution is 2.12. The molecule has 132 valence electrons. The summed E-state index contributed by atoms with van der Waals surface area (Å²) >= 11 is 0. The molecule has 1 aromatic rings. The summed E-state index contributed by atoms with van der Waals surface area (Å²) in [5.74, 6) is -0.287. The Balaban J connectivity index is 0.00000288. The van der Waals surface area contributed by atoms with Crippen molar-refractivity contribution in [3.05, 3.63) is 54.1 Å². The number of hydrogen-bond acceptors (Lipinski definition) is 4. The van der Waals surface area contributed by atoms with E-state index in [1.807, 2.05) is 0 Å². The van der Waals surface area contributed by atoms with Gasteiger partial charge in [0.2, 0.25) is 10.0 Å². The molecule has 2 rings (SSSR count). The van der Waals surface area contributed by atoms with E-state index >= 15 is 0 Å². The minimum atomic E-state index is -3.63. The molecule has 0 aliphatic carbocycles. The number of carbonyl (C=O) groups excluding carboxylic acids is 1. The van der Waals surface area contributed by atoms with Gasteiger partial charge in [0, 0.05) is 25.2 Å². The Bertz CT molecular complexity index is 717. The monoisotopic (exact) mass is 371 g/mol. The van der Waals surface area contributed by atoms with Gasteiger partial charge in [0.1, 0.15) is 0 Å². The highest BCUT2D eigenvalue weighted by Gasteiger charge is 2.15. The van der Waals surface area contributed by atoms with E-state index in [1.54, 1.807) is 12.1 Å². The molecular formula is C16H22ClN3O3S. The van der Waals surface area contributed by atoms with Crippen LogP contribution in [0.2, 0.25) is 0 Å². The highest BCUT2D eigenvalue weighted by molar-refractivity contribution is 7.89. The molecule has 0 spiro atoms. The van der Waals surface area contributed by atoms with Gasteiger partial charge in [-0.3, -0.25) is 4.79 Å². The molecule has 0 saturated carbocycles. The quantitative estimate of drug-likeness (QED) is 0.629. The largest absolute Gasteiger partial charge is 0.348 e. The second kappa shape index (κ2) is 9.58. The van der Waals surface area contributed by atoms with Gasteiger partial charge in [-0.1, -0.05) is 23.8 Å². The van der Waals surface area contributed by atoms with Crippen molar-refractivity contribution in [3.63, 3.8) is 0 Å². The zero-order valence-corrected chi connectivity index (χ0v) is 14.9. The van der Waals surface area contributed by atoms with Gasteiger partial charge in [0.05, 0.1) is 4.90 Å². The molecule has 0 radical (unpaired) electrons. The molecule has 3 N–H and O–H groups in total. The average Bonchev–Trinajstić information content (AvgIpc) is 2.59. The standard InChI is InChI=1S/C16H21N3O3S.ClH/c1-2-8-19-23(21,22)15-5-3-4-14(11-15)16(20)18-12-13-6-9-17-10-7-13;/h2-6,11,17,19H,1,7-10,12H2,(H,18,20);1H. The summed E-state index contributed by atoms with van der Waals surface area (Å²) in [7, 11) is -3.63. The summed E-state index contributed by atoms with van der Waals surface area (Å²) in [5.41, 5.74) is 1.49. The molecular weight excluding hydrogens is 350 g/mol. The fourth-order valence-electron chi connectivity index (χ4n) is 2.18. The molecule has 0 aromatic heterocycles.